The van der Waals surface area contributed by atoms with Gasteiger partial charge in [0.2, 0.25) is 0 Å². The van der Waals surface area contributed by atoms with Crippen molar-refractivity contribution in [1.82, 2.24) is 0 Å². The number of hydrogen-bond donors (Lipinski definition) is 0. The summed E-state index contributed by atoms with van der Waals surface area (Å²) in [7, 11) is 0. The SMILES string of the molecule is CC12CCC=C1C1=C(CC2)c2ccccc2CC1. The predicted octanol–water partition coefficient (Wildman–Crippen LogP) is 4.91. The van der Waals surface area contributed by atoms with Crippen LogP contribution >= 0.6 is 0 Å². The van der Waals surface area contributed by atoms with Crippen LogP contribution in [0.5, 0.6) is 0 Å². The van der Waals surface area contributed by atoms with Crippen molar-refractivity contribution in [2.24, 2.45) is 5.41 Å². The average molecular weight is 236 g/mol. The number of fused-ring (bicyclic) bond motifs is 4. The van der Waals surface area contributed by atoms with E-state index in [1.165, 1.54) is 38.5 Å². The minimum absolute atomic E-state index is 0.505. The fourth-order valence-corrected chi connectivity index (χ4v) is 4.25. The molecule has 1 unspecified atom stereocenters. The molecule has 3 aliphatic carbocycles. The van der Waals surface area contributed by atoms with Crippen molar-refractivity contribution in [3.63, 3.8) is 0 Å². The van der Waals surface area contributed by atoms with E-state index in [0.29, 0.717) is 5.41 Å². The minimum Gasteiger partial charge on any atom is -0.0804 e. The Morgan fingerprint density at radius 2 is 1.83 bits per heavy atom. The zero-order valence-corrected chi connectivity index (χ0v) is 11.1. The number of allylic oxidation sites excluding steroid dienone is 4. The molecule has 0 spiro atoms. The highest BCUT2D eigenvalue weighted by molar-refractivity contribution is 5.78. The van der Waals surface area contributed by atoms with Crippen molar-refractivity contribution in [3.05, 3.63) is 52.6 Å². The first-order valence-electron chi connectivity index (χ1n) is 7.29. The molecule has 0 heterocycles. The van der Waals surface area contributed by atoms with Crippen molar-refractivity contribution in [3.8, 4) is 0 Å². The molecule has 0 amide bonds. The van der Waals surface area contributed by atoms with Gasteiger partial charge in [-0.15, -0.1) is 0 Å². The van der Waals surface area contributed by atoms with Gasteiger partial charge in [-0.05, 0) is 71.8 Å². The van der Waals surface area contributed by atoms with Crippen molar-refractivity contribution >= 4 is 5.57 Å². The lowest BCUT2D eigenvalue weighted by Gasteiger charge is -2.38. The smallest absolute Gasteiger partial charge is 0.00695 e. The summed E-state index contributed by atoms with van der Waals surface area (Å²) in [6, 6.07) is 9.04. The van der Waals surface area contributed by atoms with Crippen LogP contribution in [0, 0.1) is 5.41 Å². The molecular weight excluding hydrogens is 216 g/mol. The lowest BCUT2D eigenvalue weighted by molar-refractivity contribution is 0.359. The van der Waals surface area contributed by atoms with Gasteiger partial charge in [-0.2, -0.15) is 0 Å². The highest BCUT2D eigenvalue weighted by atomic mass is 14.4. The van der Waals surface area contributed by atoms with Crippen LogP contribution in [-0.2, 0) is 6.42 Å². The zero-order valence-electron chi connectivity index (χ0n) is 11.1. The summed E-state index contributed by atoms with van der Waals surface area (Å²) in [4.78, 5) is 0. The summed E-state index contributed by atoms with van der Waals surface area (Å²) >= 11 is 0. The molecule has 18 heavy (non-hydrogen) atoms. The Hall–Kier alpha value is -1.30. The molecule has 0 fully saturated rings. The van der Waals surface area contributed by atoms with Gasteiger partial charge in [0.25, 0.3) is 0 Å². The van der Waals surface area contributed by atoms with E-state index >= 15 is 0 Å². The second-order valence-electron chi connectivity index (χ2n) is 6.33. The van der Waals surface area contributed by atoms with Gasteiger partial charge in [0, 0.05) is 0 Å². The Morgan fingerprint density at radius 1 is 0.944 bits per heavy atom. The van der Waals surface area contributed by atoms with E-state index in [2.05, 4.69) is 37.3 Å². The first-order chi connectivity index (χ1) is 8.78. The molecule has 3 aliphatic rings. The quantitative estimate of drug-likeness (QED) is 0.600. The van der Waals surface area contributed by atoms with Gasteiger partial charge in [0.1, 0.15) is 0 Å². The maximum absolute atomic E-state index is 2.53. The third-order valence-corrected chi connectivity index (χ3v) is 5.30. The lowest BCUT2D eigenvalue weighted by Crippen LogP contribution is -2.24. The topological polar surface area (TPSA) is 0 Å². The maximum Gasteiger partial charge on any atom is -0.00695 e. The Balaban J connectivity index is 1.90. The summed E-state index contributed by atoms with van der Waals surface area (Å²) in [5.41, 5.74) is 8.71. The third-order valence-electron chi connectivity index (χ3n) is 5.30. The van der Waals surface area contributed by atoms with Gasteiger partial charge in [-0.3, -0.25) is 0 Å². The average Bonchev–Trinajstić information content (AvgIpc) is 2.80. The van der Waals surface area contributed by atoms with Crippen LogP contribution in [-0.4, -0.2) is 0 Å². The van der Waals surface area contributed by atoms with Crippen LogP contribution < -0.4 is 0 Å². The van der Waals surface area contributed by atoms with Crippen LogP contribution in [0.2, 0.25) is 0 Å². The first kappa shape index (κ1) is 10.6. The normalized spacial score (nSPS) is 29.5. The van der Waals surface area contributed by atoms with Crippen LogP contribution in [0.3, 0.4) is 0 Å². The Morgan fingerprint density at radius 3 is 2.78 bits per heavy atom. The Kier molecular flexibility index (Phi) is 2.12. The van der Waals surface area contributed by atoms with Crippen molar-refractivity contribution in [1.29, 1.82) is 0 Å². The molecule has 0 N–H and O–H groups in total. The van der Waals surface area contributed by atoms with Gasteiger partial charge >= 0.3 is 0 Å². The van der Waals surface area contributed by atoms with E-state index in [-0.39, 0.29) is 0 Å². The first-order valence-corrected chi connectivity index (χ1v) is 7.29. The second kappa shape index (κ2) is 3.60. The molecule has 0 heteroatoms. The molecule has 1 aromatic rings. The fraction of sp³-hybridized carbons (Fsp3) is 0.444. The molecule has 1 aromatic carbocycles. The second-order valence-corrected chi connectivity index (χ2v) is 6.33. The van der Waals surface area contributed by atoms with Crippen molar-refractivity contribution in [2.45, 2.75) is 45.4 Å². The van der Waals surface area contributed by atoms with Gasteiger partial charge in [0.15, 0.2) is 0 Å². The zero-order chi connectivity index (χ0) is 12.2. The lowest BCUT2D eigenvalue weighted by atomic mass is 9.66. The molecule has 1 atom stereocenters. The summed E-state index contributed by atoms with van der Waals surface area (Å²) in [5, 5.41) is 0. The van der Waals surface area contributed by atoms with E-state index in [9.17, 15) is 0 Å². The summed E-state index contributed by atoms with van der Waals surface area (Å²) in [5.74, 6) is 0. The van der Waals surface area contributed by atoms with Crippen molar-refractivity contribution < 1.29 is 0 Å². The number of hydrogen-bond acceptors (Lipinski definition) is 0. The standard InChI is InChI=1S/C18H20/c1-18-11-4-7-17(18)16-9-8-13-5-2-3-6-14(13)15(16)10-12-18/h2-3,5-7H,4,8-12H2,1H3. The molecule has 92 valence electrons. The van der Waals surface area contributed by atoms with E-state index in [4.69, 9.17) is 0 Å². The maximum atomic E-state index is 2.53. The Bertz CT molecular complexity index is 573. The van der Waals surface area contributed by atoms with E-state index in [0.717, 1.165) is 0 Å². The minimum atomic E-state index is 0.505. The monoisotopic (exact) mass is 236 g/mol. The molecule has 0 saturated carbocycles. The van der Waals surface area contributed by atoms with E-state index < -0.39 is 0 Å². The molecule has 0 nitrogen and oxygen atoms in total. The van der Waals surface area contributed by atoms with Gasteiger partial charge in [0.05, 0.1) is 0 Å². The molecular formula is C18H20. The molecule has 0 bridgehead atoms. The molecule has 0 saturated heterocycles. The van der Waals surface area contributed by atoms with Crippen LogP contribution in [0.25, 0.3) is 5.57 Å². The number of benzene rings is 1. The van der Waals surface area contributed by atoms with Crippen molar-refractivity contribution in [2.75, 3.05) is 0 Å². The van der Waals surface area contributed by atoms with Gasteiger partial charge in [-0.1, -0.05) is 37.3 Å². The van der Waals surface area contributed by atoms with E-state index in [1.54, 1.807) is 27.8 Å². The fourth-order valence-electron chi connectivity index (χ4n) is 4.25. The highest BCUT2D eigenvalue weighted by Crippen LogP contribution is 2.55. The number of rotatable bonds is 0. The molecule has 0 aliphatic heterocycles. The molecule has 4 rings (SSSR count). The molecule has 0 aromatic heterocycles. The highest BCUT2D eigenvalue weighted by Gasteiger charge is 2.39. The third kappa shape index (κ3) is 1.32. The van der Waals surface area contributed by atoms with Gasteiger partial charge < -0.3 is 0 Å². The van der Waals surface area contributed by atoms with E-state index in [1.807, 2.05) is 0 Å². The number of aryl methyl sites for hydroxylation is 1. The van der Waals surface area contributed by atoms with Crippen LogP contribution in [0.4, 0.5) is 0 Å². The summed E-state index contributed by atoms with van der Waals surface area (Å²) < 4.78 is 0. The predicted molar refractivity (Wildman–Crippen MR) is 76.3 cm³/mol. The molecule has 0 radical (unpaired) electrons. The van der Waals surface area contributed by atoms with Crippen LogP contribution in [0.1, 0.15) is 50.2 Å². The Labute approximate surface area is 109 Å². The summed E-state index contributed by atoms with van der Waals surface area (Å²) in [6.07, 6.45) is 10.4. The summed E-state index contributed by atoms with van der Waals surface area (Å²) in [6.45, 7) is 2.48. The largest absolute Gasteiger partial charge is 0.0804 e. The van der Waals surface area contributed by atoms with Gasteiger partial charge in [-0.25, -0.2) is 0 Å². The van der Waals surface area contributed by atoms with Crippen LogP contribution in [0.15, 0.2) is 41.5 Å².